The highest BCUT2D eigenvalue weighted by molar-refractivity contribution is 5.40. The minimum absolute atomic E-state index is 0.0124. The topological polar surface area (TPSA) is 35.2 Å². The van der Waals surface area contributed by atoms with E-state index in [9.17, 15) is 13.2 Å². The van der Waals surface area contributed by atoms with Gasteiger partial charge in [0.2, 0.25) is 0 Å². The van der Waals surface area contributed by atoms with Gasteiger partial charge in [0.05, 0.1) is 12.7 Å². The fraction of sp³-hybridized carbons (Fsp3) is 0.333. The monoisotopic (exact) mass is 323 g/mol. The molecule has 2 aromatic carbocycles. The molecular formula is C18H20F3NO. The van der Waals surface area contributed by atoms with E-state index in [2.05, 4.69) is 0 Å². The lowest BCUT2D eigenvalue weighted by Gasteiger charge is -2.19. The van der Waals surface area contributed by atoms with E-state index in [-0.39, 0.29) is 5.92 Å². The second-order valence-corrected chi connectivity index (χ2v) is 5.58. The summed E-state index contributed by atoms with van der Waals surface area (Å²) in [5, 5.41) is 0. The van der Waals surface area contributed by atoms with Crippen molar-refractivity contribution in [1.82, 2.24) is 0 Å². The van der Waals surface area contributed by atoms with Gasteiger partial charge in [-0.15, -0.1) is 0 Å². The zero-order valence-electron chi connectivity index (χ0n) is 13.2. The molecule has 2 nitrogen and oxygen atoms in total. The smallest absolute Gasteiger partial charge is 0.416 e. The van der Waals surface area contributed by atoms with Crippen LogP contribution in [0, 0.1) is 6.92 Å². The number of ether oxygens (including phenoxy) is 1. The van der Waals surface area contributed by atoms with Crippen molar-refractivity contribution in [2.75, 3.05) is 13.7 Å². The summed E-state index contributed by atoms with van der Waals surface area (Å²) >= 11 is 0. The molecule has 0 heterocycles. The fourth-order valence-corrected chi connectivity index (χ4v) is 2.61. The molecule has 5 heteroatoms. The fourth-order valence-electron chi connectivity index (χ4n) is 2.61. The quantitative estimate of drug-likeness (QED) is 0.890. The van der Waals surface area contributed by atoms with Gasteiger partial charge in [-0.2, -0.15) is 13.2 Å². The molecule has 0 amide bonds. The van der Waals surface area contributed by atoms with E-state index < -0.39 is 11.7 Å². The summed E-state index contributed by atoms with van der Waals surface area (Å²) in [5.74, 6) is 0.736. The molecule has 0 aliphatic heterocycles. The van der Waals surface area contributed by atoms with E-state index >= 15 is 0 Å². The average Bonchev–Trinajstić information content (AvgIpc) is 2.52. The summed E-state index contributed by atoms with van der Waals surface area (Å²) in [6.07, 6.45) is -3.75. The molecule has 0 fully saturated rings. The number of rotatable bonds is 5. The van der Waals surface area contributed by atoms with Crippen LogP contribution in [0.15, 0.2) is 42.5 Å². The molecule has 0 saturated carbocycles. The lowest BCUT2D eigenvalue weighted by molar-refractivity contribution is -0.137. The molecule has 124 valence electrons. The Morgan fingerprint density at radius 3 is 2.26 bits per heavy atom. The van der Waals surface area contributed by atoms with Gasteiger partial charge in [-0.3, -0.25) is 0 Å². The van der Waals surface area contributed by atoms with Crippen LogP contribution in [0.3, 0.4) is 0 Å². The van der Waals surface area contributed by atoms with Gasteiger partial charge in [0, 0.05) is 5.92 Å². The molecule has 2 N–H and O–H groups in total. The predicted molar refractivity (Wildman–Crippen MR) is 84.7 cm³/mol. The Morgan fingerprint density at radius 2 is 1.74 bits per heavy atom. The molecule has 23 heavy (non-hydrogen) atoms. The number of alkyl halides is 3. The summed E-state index contributed by atoms with van der Waals surface area (Å²) in [6.45, 7) is 2.37. The summed E-state index contributed by atoms with van der Waals surface area (Å²) in [6, 6.07) is 11.1. The van der Waals surface area contributed by atoms with E-state index in [1.165, 1.54) is 12.1 Å². The van der Waals surface area contributed by atoms with Crippen molar-refractivity contribution in [3.05, 3.63) is 64.7 Å². The third-order valence-electron chi connectivity index (χ3n) is 3.87. The predicted octanol–water partition coefficient (Wildman–Crippen LogP) is 4.31. The first-order valence-electron chi connectivity index (χ1n) is 7.36. The third kappa shape index (κ3) is 4.26. The van der Waals surface area contributed by atoms with Gasteiger partial charge in [0.15, 0.2) is 0 Å². The Balaban J connectivity index is 2.25. The van der Waals surface area contributed by atoms with Crippen LogP contribution >= 0.6 is 0 Å². The molecule has 0 bridgehead atoms. The molecular weight excluding hydrogens is 303 g/mol. The first-order valence-corrected chi connectivity index (χ1v) is 7.36. The van der Waals surface area contributed by atoms with Crippen LogP contribution in [0.1, 0.15) is 28.2 Å². The van der Waals surface area contributed by atoms with Crippen molar-refractivity contribution in [2.24, 2.45) is 5.73 Å². The van der Waals surface area contributed by atoms with E-state index in [1.54, 1.807) is 7.11 Å². The molecule has 0 radical (unpaired) electrons. The highest BCUT2D eigenvalue weighted by atomic mass is 19.4. The Kier molecular flexibility index (Phi) is 5.31. The number of aryl methyl sites for hydroxylation is 1. The summed E-state index contributed by atoms with van der Waals surface area (Å²) in [4.78, 5) is 0. The zero-order chi connectivity index (χ0) is 17.0. The Bertz CT molecular complexity index is 650. The van der Waals surface area contributed by atoms with Gasteiger partial charge < -0.3 is 10.5 Å². The SMILES string of the molecule is COc1ccc(C)cc1C(CN)Cc1ccc(C(F)(F)F)cc1. The van der Waals surface area contributed by atoms with Crippen LogP contribution in [-0.4, -0.2) is 13.7 Å². The second kappa shape index (κ2) is 7.04. The number of halogens is 3. The lowest BCUT2D eigenvalue weighted by atomic mass is 9.90. The van der Waals surface area contributed by atoms with Crippen molar-refractivity contribution >= 4 is 0 Å². The number of benzene rings is 2. The van der Waals surface area contributed by atoms with Gasteiger partial charge in [-0.1, -0.05) is 29.8 Å². The molecule has 0 aromatic heterocycles. The van der Waals surface area contributed by atoms with E-state index in [4.69, 9.17) is 10.5 Å². The maximum absolute atomic E-state index is 12.6. The maximum atomic E-state index is 12.6. The maximum Gasteiger partial charge on any atom is 0.416 e. The molecule has 0 saturated heterocycles. The molecule has 0 aliphatic rings. The Hall–Kier alpha value is -2.01. The largest absolute Gasteiger partial charge is 0.496 e. The Morgan fingerprint density at radius 1 is 1.09 bits per heavy atom. The van der Waals surface area contributed by atoms with Crippen LogP contribution in [-0.2, 0) is 12.6 Å². The van der Waals surface area contributed by atoms with Gasteiger partial charge in [-0.25, -0.2) is 0 Å². The molecule has 2 aromatic rings. The zero-order valence-corrected chi connectivity index (χ0v) is 13.2. The van der Waals surface area contributed by atoms with Gasteiger partial charge in [0.25, 0.3) is 0 Å². The minimum atomic E-state index is -4.31. The highest BCUT2D eigenvalue weighted by Gasteiger charge is 2.30. The van der Waals surface area contributed by atoms with Gasteiger partial charge in [-0.05, 0) is 49.2 Å². The Labute approximate surface area is 134 Å². The van der Waals surface area contributed by atoms with Crippen LogP contribution in [0.2, 0.25) is 0 Å². The van der Waals surface area contributed by atoms with Crippen molar-refractivity contribution < 1.29 is 17.9 Å². The first-order chi connectivity index (χ1) is 10.8. The molecule has 1 unspecified atom stereocenters. The molecule has 0 aliphatic carbocycles. The third-order valence-corrected chi connectivity index (χ3v) is 3.87. The lowest BCUT2D eigenvalue weighted by Crippen LogP contribution is -2.16. The first kappa shape index (κ1) is 17.3. The van der Waals surface area contributed by atoms with E-state index in [0.717, 1.165) is 34.6 Å². The summed E-state index contributed by atoms with van der Waals surface area (Å²) in [5.41, 5.74) is 8.14. The van der Waals surface area contributed by atoms with Crippen LogP contribution in [0.5, 0.6) is 5.75 Å². The second-order valence-electron chi connectivity index (χ2n) is 5.58. The number of nitrogens with two attached hydrogens (primary N) is 1. The van der Waals surface area contributed by atoms with Crippen LogP contribution < -0.4 is 10.5 Å². The van der Waals surface area contributed by atoms with E-state index in [1.807, 2.05) is 25.1 Å². The normalized spacial score (nSPS) is 13.0. The van der Waals surface area contributed by atoms with Crippen LogP contribution in [0.4, 0.5) is 13.2 Å². The molecule has 1 atom stereocenters. The van der Waals surface area contributed by atoms with Gasteiger partial charge >= 0.3 is 6.18 Å². The van der Waals surface area contributed by atoms with Crippen molar-refractivity contribution in [3.8, 4) is 5.75 Å². The van der Waals surface area contributed by atoms with Gasteiger partial charge in [0.1, 0.15) is 5.75 Å². The summed E-state index contributed by atoms with van der Waals surface area (Å²) < 4.78 is 43.2. The van der Waals surface area contributed by atoms with Crippen molar-refractivity contribution in [2.45, 2.75) is 25.4 Å². The standard InChI is InChI=1S/C18H20F3NO/c1-12-3-8-17(23-2)16(9-12)14(11-22)10-13-4-6-15(7-5-13)18(19,20)21/h3-9,14H,10-11,22H2,1-2H3. The molecule has 0 spiro atoms. The molecule has 2 rings (SSSR count). The number of hydrogen-bond acceptors (Lipinski definition) is 2. The highest BCUT2D eigenvalue weighted by Crippen LogP contribution is 2.32. The van der Waals surface area contributed by atoms with E-state index in [0.29, 0.717) is 13.0 Å². The minimum Gasteiger partial charge on any atom is -0.496 e. The summed E-state index contributed by atoms with van der Waals surface area (Å²) in [7, 11) is 1.60. The number of methoxy groups -OCH3 is 1. The number of hydrogen-bond donors (Lipinski definition) is 1. The van der Waals surface area contributed by atoms with Crippen molar-refractivity contribution in [3.63, 3.8) is 0 Å². The van der Waals surface area contributed by atoms with Crippen molar-refractivity contribution in [1.29, 1.82) is 0 Å². The van der Waals surface area contributed by atoms with Crippen LogP contribution in [0.25, 0.3) is 0 Å². The average molecular weight is 323 g/mol.